The van der Waals surface area contributed by atoms with Crippen LogP contribution in [0, 0.1) is 0 Å². The number of hydrogen-bond donors (Lipinski definition) is 4. The lowest BCUT2D eigenvalue weighted by atomic mass is 9.81. The highest BCUT2D eigenvalue weighted by Crippen LogP contribution is 2.47. The van der Waals surface area contributed by atoms with Gasteiger partial charge in [-0.25, -0.2) is 18.4 Å². The first-order valence-electron chi connectivity index (χ1n) is 9.28. The molecule has 1 atom stereocenters. The summed E-state index contributed by atoms with van der Waals surface area (Å²) < 4.78 is 23.8. The minimum absolute atomic E-state index is 0.0230. The molecule has 0 radical (unpaired) electrons. The van der Waals surface area contributed by atoms with E-state index in [4.69, 9.17) is 23.1 Å². The minimum atomic E-state index is -3.32. The Morgan fingerprint density at radius 3 is 2.48 bits per heavy atom. The van der Waals surface area contributed by atoms with E-state index < -0.39 is 14.6 Å². The third kappa shape index (κ3) is 4.49. The number of hydrogen-bond acceptors (Lipinski definition) is 7. The maximum atomic E-state index is 12.4. The van der Waals surface area contributed by atoms with E-state index in [1.807, 2.05) is 31.2 Å². The van der Waals surface area contributed by atoms with Gasteiger partial charge in [-0.1, -0.05) is 0 Å². The van der Waals surface area contributed by atoms with Crippen molar-refractivity contribution >= 4 is 38.7 Å². The summed E-state index contributed by atoms with van der Waals surface area (Å²) in [6, 6.07) is 8.66. The van der Waals surface area contributed by atoms with Gasteiger partial charge in [0, 0.05) is 29.6 Å². The molecular formula is C19H25N5O3S2. The highest BCUT2D eigenvalue weighted by Gasteiger charge is 2.49. The summed E-state index contributed by atoms with van der Waals surface area (Å²) in [7, 11) is -3.32. The number of aliphatic hydroxyl groups is 1. The number of nitrogens with one attached hydrogen (secondary N) is 2. The predicted molar refractivity (Wildman–Crippen MR) is 118 cm³/mol. The topological polar surface area (TPSA) is 130 Å². The first-order valence-corrected chi connectivity index (χ1v) is 11.6. The van der Waals surface area contributed by atoms with Gasteiger partial charge in [0.2, 0.25) is 0 Å². The Balaban J connectivity index is 1.85. The number of benzene rings is 1. The van der Waals surface area contributed by atoms with Crippen LogP contribution in [0.25, 0.3) is 11.4 Å². The first kappa shape index (κ1) is 21.4. The highest BCUT2D eigenvalue weighted by molar-refractivity contribution is 7.91. The maximum absolute atomic E-state index is 12.4. The molecule has 1 aliphatic rings. The molecule has 1 heterocycles. The fraction of sp³-hybridized carbons (Fsp3) is 0.421. The zero-order valence-electron chi connectivity index (χ0n) is 16.3. The molecule has 0 amide bonds. The van der Waals surface area contributed by atoms with E-state index in [2.05, 4.69) is 20.6 Å². The Labute approximate surface area is 175 Å². The monoisotopic (exact) mass is 435 g/mol. The molecule has 1 aromatic carbocycles. The lowest BCUT2D eigenvalue weighted by molar-refractivity contribution is 0.264. The standard InChI is InChI=1S/C19H25N5O3S2/c1-12(11-25)21-18(28)22-14-6-4-13(5-7-14)17-23-15(10-16(20)24-17)19(8-3-9-19)29(2,26)27/h4-7,10,12,25H,3,8-9,11H2,1-2H3,(H2,20,23,24)(H2,21,22,28)/t12-/m0/s1. The molecule has 0 unspecified atom stereocenters. The summed E-state index contributed by atoms with van der Waals surface area (Å²) in [5.41, 5.74) is 7.90. The van der Waals surface area contributed by atoms with E-state index in [0.717, 1.165) is 17.7 Å². The number of aliphatic hydroxyl groups excluding tert-OH is 1. The van der Waals surface area contributed by atoms with Gasteiger partial charge >= 0.3 is 0 Å². The molecule has 5 N–H and O–H groups in total. The van der Waals surface area contributed by atoms with Crippen molar-refractivity contribution in [1.29, 1.82) is 0 Å². The Bertz CT molecular complexity index is 1010. The molecule has 156 valence electrons. The van der Waals surface area contributed by atoms with Gasteiger partial charge in [-0.3, -0.25) is 0 Å². The summed E-state index contributed by atoms with van der Waals surface area (Å²) in [6.45, 7) is 1.79. The second-order valence-electron chi connectivity index (χ2n) is 7.38. The van der Waals surface area contributed by atoms with E-state index in [9.17, 15) is 8.42 Å². The molecule has 2 aromatic rings. The molecule has 0 aliphatic heterocycles. The Kier molecular flexibility index (Phi) is 6.06. The van der Waals surface area contributed by atoms with Crippen LogP contribution in [0.3, 0.4) is 0 Å². The van der Waals surface area contributed by atoms with Gasteiger partial charge < -0.3 is 21.5 Å². The Morgan fingerprint density at radius 2 is 1.97 bits per heavy atom. The molecule has 0 saturated heterocycles. The number of anilines is 2. The van der Waals surface area contributed by atoms with Gasteiger partial charge in [0.05, 0.1) is 12.3 Å². The van der Waals surface area contributed by atoms with Gasteiger partial charge in [-0.15, -0.1) is 0 Å². The van der Waals surface area contributed by atoms with Crippen LogP contribution in [0.4, 0.5) is 11.5 Å². The first-order chi connectivity index (χ1) is 13.6. The summed E-state index contributed by atoms with van der Waals surface area (Å²) in [5, 5.41) is 15.5. The molecule has 1 aromatic heterocycles. The van der Waals surface area contributed by atoms with Crippen molar-refractivity contribution in [2.75, 3.05) is 23.9 Å². The summed E-state index contributed by atoms with van der Waals surface area (Å²) in [5.74, 6) is 0.626. The van der Waals surface area contributed by atoms with Crippen LogP contribution in [0.2, 0.25) is 0 Å². The number of nitrogen functional groups attached to an aromatic ring is 1. The predicted octanol–water partition coefficient (Wildman–Crippen LogP) is 1.82. The number of aromatic nitrogens is 2. The van der Waals surface area contributed by atoms with Crippen molar-refractivity contribution in [2.24, 2.45) is 0 Å². The Morgan fingerprint density at radius 1 is 1.31 bits per heavy atom. The maximum Gasteiger partial charge on any atom is 0.171 e. The normalized spacial score (nSPS) is 16.5. The molecule has 8 nitrogen and oxygen atoms in total. The van der Waals surface area contributed by atoms with Gasteiger partial charge in [-0.2, -0.15) is 0 Å². The molecule has 29 heavy (non-hydrogen) atoms. The smallest absolute Gasteiger partial charge is 0.171 e. The molecule has 1 saturated carbocycles. The van der Waals surface area contributed by atoms with Crippen LogP contribution >= 0.6 is 12.2 Å². The molecular weight excluding hydrogens is 410 g/mol. The lowest BCUT2D eigenvalue weighted by Gasteiger charge is -2.39. The second kappa shape index (κ2) is 8.21. The van der Waals surface area contributed by atoms with E-state index in [-0.39, 0.29) is 18.5 Å². The quantitative estimate of drug-likeness (QED) is 0.502. The van der Waals surface area contributed by atoms with Gasteiger partial charge in [0.1, 0.15) is 10.6 Å². The zero-order chi connectivity index (χ0) is 21.2. The van der Waals surface area contributed by atoms with Crippen molar-refractivity contribution in [1.82, 2.24) is 15.3 Å². The summed E-state index contributed by atoms with van der Waals surface area (Å²) in [6.07, 6.45) is 3.18. The fourth-order valence-corrected chi connectivity index (χ4v) is 5.12. The zero-order valence-corrected chi connectivity index (χ0v) is 18.0. The van der Waals surface area contributed by atoms with Crippen LogP contribution in [0.15, 0.2) is 30.3 Å². The van der Waals surface area contributed by atoms with Crippen molar-refractivity contribution < 1.29 is 13.5 Å². The third-order valence-electron chi connectivity index (χ3n) is 5.14. The lowest BCUT2D eigenvalue weighted by Crippen LogP contribution is -2.42. The second-order valence-corrected chi connectivity index (χ2v) is 10.1. The molecule has 0 spiro atoms. The van der Waals surface area contributed by atoms with Gasteiger partial charge in [-0.05, 0) is 62.7 Å². The highest BCUT2D eigenvalue weighted by atomic mass is 32.2. The van der Waals surface area contributed by atoms with Crippen molar-refractivity contribution in [2.45, 2.75) is 37.0 Å². The largest absolute Gasteiger partial charge is 0.394 e. The summed E-state index contributed by atoms with van der Waals surface area (Å²) in [4.78, 5) is 8.83. The molecule has 1 aliphatic carbocycles. The number of nitrogens with two attached hydrogens (primary N) is 1. The van der Waals surface area contributed by atoms with E-state index in [1.165, 1.54) is 6.26 Å². The van der Waals surface area contributed by atoms with Crippen LogP contribution in [-0.2, 0) is 14.6 Å². The number of sulfone groups is 1. The van der Waals surface area contributed by atoms with Crippen LogP contribution in [0.1, 0.15) is 31.9 Å². The number of rotatable bonds is 6. The molecule has 0 bridgehead atoms. The van der Waals surface area contributed by atoms with Crippen molar-refractivity contribution in [3.8, 4) is 11.4 Å². The summed E-state index contributed by atoms with van der Waals surface area (Å²) >= 11 is 5.20. The van der Waals surface area contributed by atoms with E-state index in [0.29, 0.717) is 29.5 Å². The average Bonchev–Trinajstić information content (AvgIpc) is 2.59. The van der Waals surface area contributed by atoms with Crippen molar-refractivity contribution in [3.05, 3.63) is 36.0 Å². The number of nitrogens with zero attached hydrogens (tertiary/aromatic N) is 2. The SMILES string of the molecule is C[C@@H](CO)NC(=S)Nc1ccc(-c2nc(N)cc(C3(S(C)(=O)=O)CCC3)n2)cc1. The third-order valence-corrected chi connectivity index (χ3v) is 7.39. The van der Waals surface area contributed by atoms with Crippen LogP contribution < -0.4 is 16.4 Å². The molecule has 1 fully saturated rings. The Hall–Kier alpha value is -2.30. The van der Waals surface area contributed by atoms with E-state index >= 15 is 0 Å². The van der Waals surface area contributed by atoms with Gasteiger partial charge in [0.15, 0.2) is 20.8 Å². The van der Waals surface area contributed by atoms with Gasteiger partial charge in [0.25, 0.3) is 0 Å². The number of thiocarbonyl (C=S) groups is 1. The average molecular weight is 436 g/mol. The molecule has 3 rings (SSSR count). The molecule has 10 heteroatoms. The fourth-order valence-electron chi connectivity index (χ4n) is 3.28. The minimum Gasteiger partial charge on any atom is -0.394 e. The van der Waals surface area contributed by atoms with Crippen molar-refractivity contribution in [3.63, 3.8) is 0 Å². The van der Waals surface area contributed by atoms with E-state index in [1.54, 1.807) is 6.07 Å². The van der Waals surface area contributed by atoms with Crippen LogP contribution in [-0.4, -0.2) is 47.5 Å². The van der Waals surface area contributed by atoms with Crippen LogP contribution in [0.5, 0.6) is 0 Å².